The van der Waals surface area contributed by atoms with Crippen molar-refractivity contribution < 1.29 is 18.4 Å². The van der Waals surface area contributed by atoms with E-state index in [2.05, 4.69) is 15.2 Å². The van der Waals surface area contributed by atoms with Crippen molar-refractivity contribution in [3.8, 4) is 17.3 Å². The number of benzene rings is 1. The molecule has 0 atom stereocenters. The van der Waals surface area contributed by atoms with Gasteiger partial charge in [0.15, 0.2) is 18.1 Å². The van der Waals surface area contributed by atoms with Gasteiger partial charge < -0.3 is 14.2 Å². The fourth-order valence-electron chi connectivity index (χ4n) is 3.14. The molecule has 1 aromatic carbocycles. The highest BCUT2D eigenvalue weighted by atomic mass is 19.1. The van der Waals surface area contributed by atoms with Crippen molar-refractivity contribution in [2.24, 2.45) is 7.05 Å². The predicted octanol–water partition coefficient (Wildman–Crippen LogP) is 1.88. The Bertz CT molecular complexity index is 980. The Morgan fingerprint density at radius 1 is 1.33 bits per heavy atom. The first-order valence-corrected chi connectivity index (χ1v) is 8.53. The molecule has 8 nitrogen and oxygen atoms in total. The van der Waals surface area contributed by atoms with E-state index in [4.69, 9.17) is 9.26 Å². The van der Waals surface area contributed by atoms with Gasteiger partial charge in [0.25, 0.3) is 11.8 Å². The number of fused-ring (bicyclic) bond motifs is 1. The van der Waals surface area contributed by atoms with E-state index in [0.717, 1.165) is 11.3 Å². The minimum atomic E-state index is -0.349. The van der Waals surface area contributed by atoms with Crippen molar-refractivity contribution in [1.29, 1.82) is 0 Å². The number of nitrogens with zero attached hydrogens (tertiary/aromatic N) is 5. The van der Waals surface area contributed by atoms with Gasteiger partial charge in [0.2, 0.25) is 0 Å². The third-order valence-electron chi connectivity index (χ3n) is 4.50. The van der Waals surface area contributed by atoms with Gasteiger partial charge in [0.1, 0.15) is 11.6 Å². The van der Waals surface area contributed by atoms with Crippen molar-refractivity contribution in [2.75, 3.05) is 13.2 Å². The summed E-state index contributed by atoms with van der Waals surface area (Å²) >= 11 is 0. The summed E-state index contributed by atoms with van der Waals surface area (Å²) in [5.74, 6) is 0.826. The van der Waals surface area contributed by atoms with Gasteiger partial charge in [-0.15, -0.1) is 0 Å². The van der Waals surface area contributed by atoms with Gasteiger partial charge in [-0.1, -0.05) is 5.16 Å². The van der Waals surface area contributed by atoms with Gasteiger partial charge in [-0.05, 0) is 31.2 Å². The van der Waals surface area contributed by atoms with Crippen LogP contribution in [0.5, 0.6) is 5.75 Å². The highest BCUT2D eigenvalue weighted by molar-refractivity contribution is 5.78. The van der Waals surface area contributed by atoms with Crippen LogP contribution in [0.4, 0.5) is 4.39 Å². The third-order valence-corrected chi connectivity index (χ3v) is 4.50. The van der Waals surface area contributed by atoms with E-state index >= 15 is 0 Å². The maximum Gasteiger partial charge on any atom is 0.278 e. The molecule has 4 rings (SSSR count). The van der Waals surface area contributed by atoms with Crippen molar-refractivity contribution in [3.05, 3.63) is 47.2 Å². The Morgan fingerprint density at radius 2 is 2.11 bits per heavy atom. The second-order valence-corrected chi connectivity index (χ2v) is 6.35. The number of carbonyl (C=O) groups excluding carboxylic acids is 1. The maximum absolute atomic E-state index is 12.9. The summed E-state index contributed by atoms with van der Waals surface area (Å²) in [4.78, 5) is 18.5. The molecule has 0 N–H and O–H groups in total. The number of hydrogen-bond acceptors (Lipinski definition) is 6. The lowest BCUT2D eigenvalue weighted by Gasteiger charge is -2.27. The van der Waals surface area contributed by atoms with Crippen LogP contribution >= 0.6 is 0 Å². The van der Waals surface area contributed by atoms with Crippen LogP contribution in [0.25, 0.3) is 11.6 Å². The van der Waals surface area contributed by atoms with Crippen LogP contribution in [0.1, 0.15) is 17.1 Å². The third kappa shape index (κ3) is 3.40. The molecule has 27 heavy (non-hydrogen) atoms. The summed E-state index contributed by atoms with van der Waals surface area (Å²) in [6.07, 6.45) is 0.675. The van der Waals surface area contributed by atoms with Crippen molar-refractivity contribution in [3.63, 3.8) is 0 Å². The number of rotatable bonds is 4. The van der Waals surface area contributed by atoms with Crippen LogP contribution in [0.15, 0.2) is 28.8 Å². The summed E-state index contributed by atoms with van der Waals surface area (Å²) in [5.41, 5.74) is 2.55. The Morgan fingerprint density at radius 3 is 2.81 bits per heavy atom. The van der Waals surface area contributed by atoms with Gasteiger partial charge in [-0.3, -0.25) is 9.48 Å². The van der Waals surface area contributed by atoms with Crippen molar-refractivity contribution in [2.45, 2.75) is 19.9 Å². The normalized spacial score (nSPS) is 13.5. The van der Waals surface area contributed by atoms with E-state index in [0.29, 0.717) is 42.7 Å². The summed E-state index contributed by atoms with van der Waals surface area (Å²) < 4.78 is 25.4. The Balaban J connectivity index is 1.49. The molecule has 3 aromatic rings. The van der Waals surface area contributed by atoms with Crippen molar-refractivity contribution in [1.82, 2.24) is 24.8 Å². The summed E-state index contributed by atoms with van der Waals surface area (Å²) in [6, 6.07) is 5.57. The molecule has 140 valence electrons. The number of halogens is 1. The van der Waals surface area contributed by atoms with Crippen molar-refractivity contribution >= 4 is 5.91 Å². The first kappa shape index (κ1) is 17.2. The molecule has 0 spiro atoms. The first-order valence-electron chi connectivity index (χ1n) is 8.53. The van der Waals surface area contributed by atoms with Crippen LogP contribution in [0.2, 0.25) is 0 Å². The molecule has 0 fully saturated rings. The molecule has 0 aliphatic carbocycles. The van der Waals surface area contributed by atoms with Crippen LogP contribution in [0.3, 0.4) is 0 Å². The molecule has 9 heteroatoms. The lowest BCUT2D eigenvalue weighted by molar-refractivity contribution is -0.134. The number of aryl methyl sites for hydroxylation is 2. The van der Waals surface area contributed by atoms with E-state index in [-0.39, 0.29) is 18.3 Å². The smallest absolute Gasteiger partial charge is 0.278 e. The number of amides is 1. The Hall–Kier alpha value is -3.23. The fourth-order valence-corrected chi connectivity index (χ4v) is 3.14. The second-order valence-electron chi connectivity index (χ2n) is 6.35. The highest BCUT2D eigenvalue weighted by Gasteiger charge is 2.29. The molecule has 0 saturated carbocycles. The second kappa shape index (κ2) is 6.82. The molecular weight excluding hydrogens is 353 g/mol. The van der Waals surface area contributed by atoms with Crippen LogP contribution in [-0.4, -0.2) is 43.9 Å². The SMILES string of the molecule is Cc1noc(-c2nn(C)c3c2CN(C(=O)COc2ccc(F)cc2)CC3)n1. The molecule has 3 heterocycles. The molecule has 0 saturated heterocycles. The number of carbonyl (C=O) groups is 1. The van der Waals surface area contributed by atoms with Crippen LogP contribution in [-0.2, 0) is 24.8 Å². The zero-order chi connectivity index (χ0) is 19.0. The Kier molecular flexibility index (Phi) is 4.35. The summed E-state index contributed by atoms with van der Waals surface area (Å²) in [7, 11) is 1.86. The van der Waals surface area contributed by atoms with E-state index < -0.39 is 0 Å². The zero-order valence-corrected chi connectivity index (χ0v) is 15.0. The van der Waals surface area contributed by atoms with E-state index in [1.165, 1.54) is 24.3 Å². The fraction of sp³-hybridized carbons (Fsp3) is 0.333. The van der Waals surface area contributed by atoms with Crippen LogP contribution < -0.4 is 4.74 Å². The highest BCUT2D eigenvalue weighted by Crippen LogP contribution is 2.28. The number of ether oxygens (including phenoxy) is 1. The minimum absolute atomic E-state index is 0.115. The van der Waals surface area contributed by atoms with E-state index in [1.54, 1.807) is 16.5 Å². The number of aromatic nitrogens is 4. The molecule has 1 aliphatic rings. The lowest BCUT2D eigenvalue weighted by Crippen LogP contribution is -2.39. The summed E-state index contributed by atoms with van der Waals surface area (Å²) in [6.45, 7) is 2.59. The minimum Gasteiger partial charge on any atom is -0.484 e. The maximum atomic E-state index is 12.9. The molecular formula is C18H18FN5O3. The Labute approximate surface area is 154 Å². The van der Waals surface area contributed by atoms with Gasteiger partial charge in [-0.25, -0.2) is 4.39 Å². The van der Waals surface area contributed by atoms with E-state index in [1.807, 2.05) is 7.05 Å². The molecule has 1 aliphatic heterocycles. The largest absolute Gasteiger partial charge is 0.484 e. The molecule has 0 radical (unpaired) electrons. The van der Waals surface area contributed by atoms with Gasteiger partial charge in [0, 0.05) is 37.8 Å². The standard InChI is InChI=1S/C18H18FN5O3/c1-11-20-18(27-22-11)17-14-9-24(8-7-15(14)23(2)21-17)16(25)10-26-13-5-3-12(19)4-6-13/h3-6H,7-10H2,1-2H3. The molecule has 1 amide bonds. The van der Waals surface area contributed by atoms with Gasteiger partial charge in [0.05, 0.1) is 0 Å². The van der Waals surface area contributed by atoms with Gasteiger partial charge >= 0.3 is 0 Å². The monoisotopic (exact) mass is 371 g/mol. The lowest BCUT2D eigenvalue weighted by atomic mass is 10.0. The topological polar surface area (TPSA) is 86.3 Å². The average Bonchev–Trinajstić information content (AvgIpc) is 3.24. The van der Waals surface area contributed by atoms with Gasteiger partial charge in [-0.2, -0.15) is 10.1 Å². The molecule has 2 aromatic heterocycles. The van der Waals surface area contributed by atoms with Crippen LogP contribution in [0, 0.1) is 12.7 Å². The first-order chi connectivity index (χ1) is 13.0. The predicted molar refractivity (Wildman–Crippen MR) is 92.3 cm³/mol. The van der Waals surface area contributed by atoms with E-state index in [9.17, 15) is 9.18 Å². The molecule has 0 unspecified atom stereocenters. The zero-order valence-electron chi connectivity index (χ0n) is 15.0. The number of hydrogen-bond donors (Lipinski definition) is 0. The quantitative estimate of drug-likeness (QED) is 0.696. The summed E-state index contributed by atoms with van der Waals surface area (Å²) in [5, 5.41) is 8.30. The average molecular weight is 371 g/mol. The molecule has 0 bridgehead atoms.